The highest BCUT2D eigenvalue weighted by Crippen LogP contribution is 2.31. The first kappa shape index (κ1) is 16.0. The van der Waals surface area contributed by atoms with Crippen LogP contribution in [0.2, 0.25) is 0 Å². The highest BCUT2D eigenvalue weighted by Gasteiger charge is 2.20. The van der Waals surface area contributed by atoms with Gasteiger partial charge >= 0.3 is 0 Å². The molecule has 0 spiro atoms. The van der Waals surface area contributed by atoms with Crippen LogP contribution in [0.3, 0.4) is 0 Å². The summed E-state index contributed by atoms with van der Waals surface area (Å²) < 4.78 is 1.87. The third kappa shape index (κ3) is 3.20. The van der Waals surface area contributed by atoms with Crippen LogP contribution in [0.1, 0.15) is 36.9 Å². The molecule has 1 unspecified atom stereocenters. The standard InChI is InChI=1S/C20H23N5/c1-15-10-19(20(21-12-15)25-13-22-23-14-25)18-7-5-6-17(11-18)16(2)24-8-3-4-9-24/h5-7,10-14,16H,3-4,8-9H2,1-2H3. The van der Waals surface area contributed by atoms with Crippen LogP contribution in [0.15, 0.2) is 49.2 Å². The van der Waals surface area contributed by atoms with Gasteiger partial charge in [-0.25, -0.2) is 4.98 Å². The molecule has 0 aliphatic carbocycles. The normalized spacial score (nSPS) is 16.2. The Morgan fingerprint density at radius 3 is 2.56 bits per heavy atom. The maximum Gasteiger partial charge on any atom is 0.147 e. The van der Waals surface area contributed by atoms with Gasteiger partial charge in [0.05, 0.1) is 0 Å². The van der Waals surface area contributed by atoms with Crippen LogP contribution < -0.4 is 0 Å². The van der Waals surface area contributed by atoms with Gasteiger partial charge in [0.15, 0.2) is 0 Å². The monoisotopic (exact) mass is 333 g/mol. The first-order valence-corrected chi connectivity index (χ1v) is 8.88. The van der Waals surface area contributed by atoms with Gasteiger partial charge in [-0.3, -0.25) is 9.47 Å². The van der Waals surface area contributed by atoms with E-state index in [-0.39, 0.29) is 0 Å². The van der Waals surface area contributed by atoms with Gasteiger partial charge in [-0.1, -0.05) is 18.2 Å². The Kier molecular flexibility index (Phi) is 4.32. The maximum absolute atomic E-state index is 4.62. The minimum absolute atomic E-state index is 0.443. The fraction of sp³-hybridized carbons (Fsp3) is 0.350. The Morgan fingerprint density at radius 2 is 1.80 bits per heavy atom. The second-order valence-corrected chi connectivity index (χ2v) is 6.80. The largest absolute Gasteiger partial charge is 0.297 e. The summed E-state index contributed by atoms with van der Waals surface area (Å²) in [4.78, 5) is 7.19. The molecular formula is C20H23N5. The molecule has 1 saturated heterocycles. The average molecular weight is 333 g/mol. The van der Waals surface area contributed by atoms with Crippen molar-refractivity contribution in [2.75, 3.05) is 13.1 Å². The molecule has 0 saturated carbocycles. The molecule has 0 bridgehead atoms. The van der Waals surface area contributed by atoms with Crippen molar-refractivity contribution < 1.29 is 0 Å². The maximum atomic E-state index is 4.62. The van der Waals surface area contributed by atoms with E-state index in [9.17, 15) is 0 Å². The second kappa shape index (κ2) is 6.76. The van der Waals surface area contributed by atoms with Crippen LogP contribution in [0, 0.1) is 6.92 Å². The predicted octanol–water partition coefficient (Wildman–Crippen LogP) is 3.79. The summed E-state index contributed by atoms with van der Waals surface area (Å²) in [7, 11) is 0. The molecule has 3 aromatic rings. The molecule has 1 aliphatic heterocycles. The summed E-state index contributed by atoms with van der Waals surface area (Å²) in [5.41, 5.74) is 4.79. The molecule has 5 nitrogen and oxygen atoms in total. The van der Waals surface area contributed by atoms with Crippen LogP contribution in [-0.2, 0) is 0 Å². The molecular weight excluding hydrogens is 310 g/mol. The molecule has 1 aromatic carbocycles. The van der Waals surface area contributed by atoms with Gasteiger partial charge in [-0.15, -0.1) is 10.2 Å². The van der Waals surface area contributed by atoms with Crippen LogP contribution in [-0.4, -0.2) is 37.7 Å². The van der Waals surface area contributed by atoms with Crippen molar-refractivity contribution in [1.82, 2.24) is 24.6 Å². The third-order valence-electron chi connectivity index (χ3n) is 5.04. The van der Waals surface area contributed by atoms with E-state index in [1.807, 2.05) is 10.8 Å². The van der Waals surface area contributed by atoms with E-state index in [0.717, 1.165) is 16.9 Å². The molecule has 2 aromatic heterocycles. The van der Waals surface area contributed by atoms with E-state index in [4.69, 9.17) is 0 Å². The van der Waals surface area contributed by atoms with Gasteiger partial charge in [0.2, 0.25) is 0 Å². The zero-order valence-electron chi connectivity index (χ0n) is 14.8. The number of likely N-dealkylation sites (tertiary alicyclic amines) is 1. The first-order chi connectivity index (χ1) is 12.2. The second-order valence-electron chi connectivity index (χ2n) is 6.80. The summed E-state index contributed by atoms with van der Waals surface area (Å²) in [6.07, 6.45) is 7.89. The van der Waals surface area contributed by atoms with E-state index < -0.39 is 0 Å². The van der Waals surface area contributed by atoms with E-state index in [1.165, 1.54) is 37.1 Å². The zero-order chi connectivity index (χ0) is 17.2. The van der Waals surface area contributed by atoms with Crippen LogP contribution >= 0.6 is 0 Å². The van der Waals surface area contributed by atoms with Crippen LogP contribution in [0.4, 0.5) is 0 Å². The Balaban J connectivity index is 1.75. The molecule has 1 fully saturated rings. The first-order valence-electron chi connectivity index (χ1n) is 8.88. The molecule has 3 heterocycles. The van der Waals surface area contributed by atoms with Gasteiger partial charge in [0.25, 0.3) is 0 Å². The number of hydrogen-bond donors (Lipinski definition) is 0. The number of benzene rings is 1. The van der Waals surface area contributed by atoms with Crippen molar-refractivity contribution >= 4 is 0 Å². The van der Waals surface area contributed by atoms with Crippen LogP contribution in [0.5, 0.6) is 0 Å². The van der Waals surface area contributed by atoms with Crippen molar-refractivity contribution in [3.63, 3.8) is 0 Å². The minimum atomic E-state index is 0.443. The zero-order valence-corrected chi connectivity index (χ0v) is 14.8. The van der Waals surface area contributed by atoms with E-state index >= 15 is 0 Å². The predicted molar refractivity (Wildman–Crippen MR) is 98.5 cm³/mol. The fourth-order valence-corrected chi connectivity index (χ4v) is 3.60. The molecule has 1 aliphatic rings. The fourth-order valence-electron chi connectivity index (χ4n) is 3.60. The van der Waals surface area contributed by atoms with Gasteiger partial charge in [-0.2, -0.15) is 0 Å². The molecule has 0 radical (unpaired) electrons. The smallest absolute Gasteiger partial charge is 0.147 e. The molecule has 128 valence electrons. The Morgan fingerprint density at radius 1 is 1.04 bits per heavy atom. The number of rotatable bonds is 4. The minimum Gasteiger partial charge on any atom is -0.297 e. The topological polar surface area (TPSA) is 46.8 Å². The summed E-state index contributed by atoms with van der Waals surface area (Å²) >= 11 is 0. The number of aromatic nitrogens is 4. The van der Waals surface area contributed by atoms with Crippen molar-refractivity contribution in [1.29, 1.82) is 0 Å². The number of aryl methyl sites for hydroxylation is 1. The van der Waals surface area contributed by atoms with Gasteiger partial charge in [0, 0.05) is 17.8 Å². The van der Waals surface area contributed by atoms with E-state index in [0.29, 0.717) is 6.04 Å². The van der Waals surface area contributed by atoms with Gasteiger partial charge < -0.3 is 0 Å². The molecule has 5 heteroatoms. The van der Waals surface area contributed by atoms with E-state index in [1.54, 1.807) is 12.7 Å². The summed E-state index contributed by atoms with van der Waals surface area (Å²) in [6, 6.07) is 11.5. The lowest BCUT2D eigenvalue weighted by molar-refractivity contribution is 0.263. The lowest BCUT2D eigenvalue weighted by atomic mass is 9.99. The number of hydrogen-bond acceptors (Lipinski definition) is 4. The number of nitrogens with zero attached hydrogens (tertiary/aromatic N) is 5. The molecule has 0 amide bonds. The quantitative estimate of drug-likeness (QED) is 0.729. The Bertz CT molecular complexity index is 850. The lowest BCUT2D eigenvalue weighted by Gasteiger charge is -2.24. The van der Waals surface area contributed by atoms with Crippen molar-refractivity contribution in [3.8, 4) is 16.9 Å². The highest BCUT2D eigenvalue weighted by molar-refractivity contribution is 5.72. The highest BCUT2D eigenvalue weighted by atomic mass is 15.2. The Labute approximate surface area is 148 Å². The lowest BCUT2D eigenvalue weighted by Crippen LogP contribution is -2.23. The molecule has 0 N–H and O–H groups in total. The van der Waals surface area contributed by atoms with Gasteiger partial charge in [0.1, 0.15) is 18.5 Å². The third-order valence-corrected chi connectivity index (χ3v) is 5.04. The SMILES string of the molecule is Cc1cnc(-n2cnnc2)c(-c2cccc(C(C)N3CCCC3)c2)c1. The molecule has 4 rings (SSSR count). The number of pyridine rings is 1. The Hall–Kier alpha value is -2.53. The molecule has 25 heavy (non-hydrogen) atoms. The van der Waals surface area contributed by atoms with Gasteiger partial charge in [-0.05, 0) is 68.6 Å². The van der Waals surface area contributed by atoms with Crippen molar-refractivity contribution in [2.24, 2.45) is 0 Å². The van der Waals surface area contributed by atoms with E-state index in [2.05, 4.69) is 64.3 Å². The van der Waals surface area contributed by atoms with Crippen molar-refractivity contribution in [2.45, 2.75) is 32.7 Å². The average Bonchev–Trinajstić information content (AvgIpc) is 3.35. The summed E-state index contributed by atoms with van der Waals surface area (Å²) in [5.74, 6) is 0.863. The van der Waals surface area contributed by atoms with Crippen LogP contribution in [0.25, 0.3) is 16.9 Å². The molecule has 1 atom stereocenters. The van der Waals surface area contributed by atoms with Crippen molar-refractivity contribution in [3.05, 3.63) is 60.3 Å². The summed E-state index contributed by atoms with van der Waals surface area (Å²) in [6.45, 7) is 6.77. The summed E-state index contributed by atoms with van der Waals surface area (Å²) in [5, 5.41) is 7.84.